The molecule has 0 aromatic heterocycles. The Morgan fingerprint density at radius 2 is 2.16 bits per heavy atom. The van der Waals surface area contributed by atoms with Crippen molar-refractivity contribution in [2.75, 3.05) is 19.3 Å². The largest absolute Gasteiger partial charge is 0.508 e. The van der Waals surface area contributed by atoms with Crippen LogP contribution < -0.4 is 5.73 Å². The van der Waals surface area contributed by atoms with Gasteiger partial charge in [0.15, 0.2) is 0 Å². The van der Waals surface area contributed by atoms with Crippen LogP contribution in [0.25, 0.3) is 0 Å². The maximum Gasteiger partial charge on any atom is 0.120 e. The summed E-state index contributed by atoms with van der Waals surface area (Å²) in [5, 5.41) is 9.87. The fraction of sp³-hybridized carbons (Fsp3) is 0.625. The fourth-order valence-electron chi connectivity index (χ4n) is 4.09. The monoisotopic (exact) mass is 260 g/mol. The number of nitrogen functional groups attached to an aromatic ring is 1. The first-order valence-electron chi connectivity index (χ1n) is 7.37. The summed E-state index contributed by atoms with van der Waals surface area (Å²) < 4.78 is 0. The lowest BCUT2D eigenvalue weighted by molar-refractivity contribution is 0.213. The number of phenolic OH excluding ortho intramolecular Hbond substituents is 1. The molecule has 0 amide bonds. The van der Waals surface area contributed by atoms with E-state index in [1.54, 1.807) is 12.1 Å². The van der Waals surface area contributed by atoms with Crippen molar-refractivity contribution in [2.45, 2.75) is 32.2 Å². The Bertz CT molecular complexity index is 460. The second-order valence-electron chi connectivity index (χ2n) is 6.52. The zero-order chi connectivity index (χ0) is 13.4. The smallest absolute Gasteiger partial charge is 0.120 e. The van der Waals surface area contributed by atoms with E-state index in [-0.39, 0.29) is 0 Å². The first kappa shape index (κ1) is 12.8. The number of phenols is 1. The molecule has 1 aromatic carbocycles. The molecule has 3 atom stereocenters. The summed E-state index contributed by atoms with van der Waals surface area (Å²) >= 11 is 0. The van der Waals surface area contributed by atoms with Gasteiger partial charge < -0.3 is 15.7 Å². The number of hydrogen-bond acceptors (Lipinski definition) is 3. The molecule has 0 radical (unpaired) electrons. The Kier molecular flexibility index (Phi) is 3.40. The van der Waals surface area contributed by atoms with Crippen LogP contribution in [0.2, 0.25) is 0 Å². The minimum absolute atomic E-state index is 0.356. The third kappa shape index (κ3) is 2.71. The van der Waals surface area contributed by atoms with Gasteiger partial charge in [0.05, 0.1) is 0 Å². The fourth-order valence-corrected chi connectivity index (χ4v) is 4.09. The van der Waals surface area contributed by atoms with Crippen LogP contribution >= 0.6 is 0 Å². The van der Waals surface area contributed by atoms with Crippen molar-refractivity contribution in [3.63, 3.8) is 0 Å². The number of anilines is 1. The molecule has 0 saturated heterocycles. The highest BCUT2D eigenvalue weighted by molar-refractivity contribution is 5.47. The van der Waals surface area contributed by atoms with E-state index in [4.69, 9.17) is 5.73 Å². The van der Waals surface area contributed by atoms with Gasteiger partial charge in [-0.25, -0.2) is 0 Å². The van der Waals surface area contributed by atoms with E-state index in [1.165, 1.54) is 25.7 Å². The van der Waals surface area contributed by atoms with Crippen LogP contribution in [0.5, 0.6) is 5.75 Å². The molecule has 3 heteroatoms. The van der Waals surface area contributed by atoms with Gasteiger partial charge in [0.2, 0.25) is 0 Å². The summed E-state index contributed by atoms with van der Waals surface area (Å²) in [5.74, 6) is 3.19. The van der Waals surface area contributed by atoms with Crippen molar-refractivity contribution in [2.24, 2.45) is 17.8 Å². The van der Waals surface area contributed by atoms with Crippen LogP contribution in [0.3, 0.4) is 0 Å². The number of fused-ring (bicyclic) bond motifs is 2. The topological polar surface area (TPSA) is 49.5 Å². The van der Waals surface area contributed by atoms with Crippen LogP contribution in [0.1, 0.15) is 31.2 Å². The summed E-state index contributed by atoms with van der Waals surface area (Å²) in [5.41, 5.74) is 7.45. The zero-order valence-electron chi connectivity index (χ0n) is 11.7. The van der Waals surface area contributed by atoms with Crippen molar-refractivity contribution in [1.29, 1.82) is 0 Å². The van der Waals surface area contributed by atoms with Gasteiger partial charge >= 0.3 is 0 Å². The number of nitrogens with zero attached hydrogens (tertiary/aromatic N) is 1. The first-order valence-corrected chi connectivity index (χ1v) is 7.37. The Labute approximate surface area is 115 Å². The van der Waals surface area contributed by atoms with Crippen LogP contribution in [0, 0.1) is 17.8 Å². The third-order valence-electron chi connectivity index (χ3n) is 4.97. The molecule has 3 rings (SSSR count). The van der Waals surface area contributed by atoms with Gasteiger partial charge in [0, 0.05) is 24.3 Å². The molecule has 19 heavy (non-hydrogen) atoms. The second-order valence-corrected chi connectivity index (χ2v) is 6.52. The van der Waals surface area contributed by atoms with Crippen molar-refractivity contribution in [3.05, 3.63) is 23.8 Å². The Morgan fingerprint density at radius 3 is 2.84 bits per heavy atom. The van der Waals surface area contributed by atoms with Crippen molar-refractivity contribution >= 4 is 5.69 Å². The molecule has 2 aliphatic rings. The van der Waals surface area contributed by atoms with E-state index in [2.05, 4.69) is 11.9 Å². The SMILES string of the molecule is CN(Cc1cc(N)ccc1O)CC1CC2CCC1C2. The molecule has 0 spiro atoms. The molecular formula is C16H24N2O. The Morgan fingerprint density at radius 1 is 1.32 bits per heavy atom. The quantitative estimate of drug-likeness (QED) is 0.646. The zero-order valence-corrected chi connectivity index (χ0v) is 11.7. The number of nitrogens with two attached hydrogens (primary N) is 1. The van der Waals surface area contributed by atoms with E-state index in [9.17, 15) is 5.11 Å². The standard InChI is InChI=1S/C16H24N2O/c1-18(9-13-7-11-2-3-12(13)6-11)10-14-8-15(17)4-5-16(14)19/h4-5,8,11-13,19H,2-3,6-7,9-10,17H2,1H3. The molecule has 1 aromatic rings. The molecule has 104 valence electrons. The van der Waals surface area contributed by atoms with Crippen LogP contribution in [-0.4, -0.2) is 23.6 Å². The summed E-state index contributed by atoms with van der Waals surface area (Å²) in [6, 6.07) is 5.32. The summed E-state index contributed by atoms with van der Waals surface area (Å²) in [7, 11) is 2.15. The maximum atomic E-state index is 9.87. The minimum Gasteiger partial charge on any atom is -0.508 e. The van der Waals surface area contributed by atoms with E-state index < -0.39 is 0 Å². The van der Waals surface area contributed by atoms with Crippen LogP contribution in [0.4, 0.5) is 5.69 Å². The molecular weight excluding hydrogens is 236 g/mol. The maximum absolute atomic E-state index is 9.87. The van der Waals surface area contributed by atoms with Crippen molar-refractivity contribution in [1.82, 2.24) is 4.90 Å². The molecule has 2 bridgehead atoms. The van der Waals surface area contributed by atoms with Gasteiger partial charge in [-0.15, -0.1) is 0 Å². The predicted molar refractivity (Wildman–Crippen MR) is 77.8 cm³/mol. The van der Waals surface area contributed by atoms with Gasteiger partial charge in [-0.1, -0.05) is 6.42 Å². The highest BCUT2D eigenvalue weighted by atomic mass is 16.3. The van der Waals surface area contributed by atoms with E-state index in [0.717, 1.165) is 42.1 Å². The number of benzene rings is 1. The first-order chi connectivity index (χ1) is 9.11. The molecule has 3 unspecified atom stereocenters. The normalized spacial score (nSPS) is 29.3. The molecule has 2 saturated carbocycles. The van der Waals surface area contributed by atoms with Gasteiger partial charge in [0.1, 0.15) is 5.75 Å². The van der Waals surface area contributed by atoms with Crippen LogP contribution in [-0.2, 0) is 6.54 Å². The van der Waals surface area contributed by atoms with E-state index in [1.807, 2.05) is 6.07 Å². The van der Waals surface area contributed by atoms with E-state index >= 15 is 0 Å². The lowest BCUT2D eigenvalue weighted by Crippen LogP contribution is -2.28. The Balaban J connectivity index is 1.59. The number of rotatable bonds is 4. The Hall–Kier alpha value is -1.22. The predicted octanol–water partition coefficient (Wildman–Crippen LogP) is 2.84. The summed E-state index contributed by atoms with van der Waals surface area (Å²) in [4.78, 5) is 2.33. The molecule has 3 N–H and O–H groups in total. The highest BCUT2D eigenvalue weighted by Gasteiger charge is 2.39. The summed E-state index contributed by atoms with van der Waals surface area (Å²) in [6.07, 6.45) is 5.77. The molecule has 2 fully saturated rings. The number of hydrogen-bond donors (Lipinski definition) is 2. The average Bonchev–Trinajstić information content (AvgIpc) is 2.96. The van der Waals surface area contributed by atoms with Gasteiger partial charge in [-0.2, -0.15) is 0 Å². The van der Waals surface area contributed by atoms with Gasteiger partial charge in [-0.05, 0) is 62.3 Å². The van der Waals surface area contributed by atoms with Gasteiger partial charge in [-0.3, -0.25) is 0 Å². The minimum atomic E-state index is 0.356. The van der Waals surface area contributed by atoms with Crippen LogP contribution in [0.15, 0.2) is 18.2 Å². The molecule has 0 aliphatic heterocycles. The lowest BCUT2D eigenvalue weighted by atomic mass is 9.88. The van der Waals surface area contributed by atoms with Gasteiger partial charge in [0.25, 0.3) is 0 Å². The molecule has 2 aliphatic carbocycles. The lowest BCUT2D eigenvalue weighted by Gasteiger charge is -2.27. The average molecular weight is 260 g/mol. The number of aromatic hydroxyl groups is 1. The second kappa shape index (κ2) is 5.04. The van der Waals surface area contributed by atoms with Crippen molar-refractivity contribution < 1.29 is 5.11 Å². The van der Waals surface area contributed by atoms with E-state index in [0.29, 0.717) is 5.75 Å². The third-order valence-corrected chi connectivity index (χ3v) is 4.97. The molecule has 0 heterocycles. The molecule has 3 nitrogen and oxygen atoms in total. The highest BCUT2D eigenvalue weighted by Crippen LogP contribution is 2.48. The summed E-state index contributed by atoms with van der Waals surface area (Å²) in [6.45, 7) is 1.93. The van der Waals surface area contributed by atoms with Crippen molar-refractivity contribution in [3.8, 4) is 5.75 Å².